The van der Waals surface area contributed by atoms with Gasteiger partial charge in [0.1, 0.15) is 0 Å². The highest BCUT2D eigenvalue weighted by molar-refractivity contribution is 5.94. The molecule has 1 amide bonds. The monoisotopic (exact) mass is 336 g/mol. The quantitative estimate of drug-likeness (QED) is 0.746. The molecular formula is C18H20N6O. The van der Waals surface area contributed by atoms with Gasteiger partial charge >= 0.3 is 0 Å². The Morgan fingerprint density at radius 1 is 1.28 bits per heavy atom. The van der Waals surface area contributed by atoms with Crippen LogP contribution in [0.2, 0.25) is 0 Å². The number of aromatic nitrogens is 4. The molecule has 0 aliphatic carbocycles. The highest BCUT2D eigenvalue weighted by Crippen LogP contribution is 2.18. The molecule has 7 heteroatoms. The van der Waals surface area contributed by atoms with Crippen LogP contribution in [0.25, 0.3) is 0 Å². The summed E-state index contributed by atoms with van der Waals surface area (Å²) in [6.07, 6.45) is 8.01. The van der Waals surface area contributed by atoms with Gasteiger partial charge in [0.25, 0.3) is 5.91 Å². The molecule has 0 saturated carbocycles. The SMILES string of the molecule is O=C(c1ccc(NCCn2ccnc2)cc1)N1CCc2nc[nH]c2C1. The Morgan fingerprint density at radius 3 is 2.96 bits per heavy atom. The van der Waals surface area contributed by atoms with Crippen molar-refractivity contribution in [3.8, 4) is 0 Å². The first-order valence-electron chi connectivity index (χ1n) is 8.40. The fraction of sp³-hybridized carbons (Fsp3) is 0.278. The van der Waals surface area contributed by atoms with E-state index in [1.807, 2.05) is 39.9 Å². The number of carbonyl (C=O) groups is 1. The molecule has 2 N–H and O–H groups in total. The fourth-order valence-corrected chi connectivity index (χ4v) is 3.05. The molecule has 128 valence electrons. The number of amides is 1. The Kier molecular flexibility index (Phi) is 4.20. The Labute approximate surface area is 145 Å². The summed E-state index contributed by atoms with van der Waals surface area (Å²) in [5.74, 6) is 0.0604. The lowest BCUT2D eigenvalue weighted by Gasteiger charge is -2.26. The molecular weight excluding hydrogens is 316 g/mol. The van der Waals surface area contributed by atoms with E-state index in [0.29, 0.717) is 18.7 Å². The van der Waals surface area contributed by atoms with Crippen molar-refractivity contribution < 1.29 is 4.79 Å². The predicted octanol–water partition coefficient (Wildman–Crippen LogP) is 1.92. The van der Waals surface area contributed by atoms with Gasteiger partial charge in [-0.15, -0.1) is 0 Å². The number of anilines is 1. The van der Waals surface area contributed by atoms with Gasteiger partial charge in [0.05, 0.1) is 30.6 Å². The van der Waals surface area contributed by atoms with E-state index in [-0.39, 0.29) is 5.91 Å². The summed E-state index contributed by atoms with van der Waals surface area (Å²) < 4.78 is 2.02. The topological polar surface area (TPSA) is 78.8 Å². The van der Waals surface area contributed by atoms with Crippen molar-refractivity contribution in [3.05, 3.63) is 66.3 Å². The van der Waals surface area contributed by atoms with E-state index in [2.05, 4.69) is 20.3 Å². The molecule has 0 saturated heterocycles. The third kappa shape index (κ3) is 3.40. The summed E-state index contributed by atoms with van der Waals surface area (Å²) in [4.78, 5) is 25.9. The molecule has 3 heterocycles. The second-order valence-electron chi connectivity index (χ2n) is 6.11. The first-order chi connectivity index (χ1) is 12.3. The molecule has 4 rings (SSSR count). The fourth-order valence-electron chi connectivity index (χ4n) is 3.05. The standard InChI is InChI=1S/C18H20N6O/c25-18(24-8-5-16-17(11-24)22-12-21-16)14-1-3-15(4-2-14)20-7-10-23-9-6-19-13-23/h1-4,6,9,12-13,20H,5,7-8,10-11H2,(H,21,22). The van der Waals surface area contributed by atoms with Gasteiger partial charge in [-0.05, 0) is 24.3 Å². The van der Waals surface area contributed by atoms with Crippen LogP contribution in [0.15, 0.2) is 49.3 Å². The molecule has 1 aliphatic heterocycles. The summed E-state index contributed by atoms with van der Waals surface area (Å²) in [5.41, 5.74) is 3.83. The third-order valence-corrected chi connectivity index (χ3v) is 4.45. The third-order valence-electron chi connectivity index (χ3n) is 4.45. The van der Waals surface area contributed by atoms with Gasteiger partial charge in [-0.2, -0.15) is 0 Å². The van der Waals surface area contributed by atoms with Gasteiger partial charge in [0.2, 0.25) is 0 Å². The lowest BCUT2D eigenvalue weighted by Crippen LogP contribution is -2.36. The van der Waals surface area contributed by atoms with Crippen molar-refractivity contribution in [2.45, 2.75) is 19.5 Å². The molecule has 2 aromatic heterocycles. The minimum Gasteiger partial charge on any atom is -0.383 e. The number of fused-ring (bicyclic) bond motifs is 1. The van der Waals surface area contributed by atoms with Crippen molar-refractivity contribution in [1.82, 2.24) is 24.4 Å². The minimum atomic E-state index is 0.0604. The Hall–Kier alpha value is -3.09. The number of H-pyrrole nitrogens is 1. The Morgan fingerprint density at radius 2 is 2.16 bits per heavy atom. The van der Waals surface area contributed by atoms with Gasteiger partial charge in [0.15, 0.2) is 0 Å². The number of benzene rings is 1. The number of aromatic amines is 1. The average Bonchev–Trinajstić information content (AvgIpc) is 3.32. The van der Waals surface area contributed by atoms with Gasteiger partial charge < -0.3 is 19.8 Å². The zero-order valence-electron chi connectivity index (χ0n) is 13.9. The van der Waals surface area contributed by atoms with Crippen molar-refractivity contribution in [2.24, 2.45) is 0 Å². The zero-order chi connectivity index (χ0) is 17.1. The van der Waals surface area contributed by atoms with E-state index in [1.54, 1.807) is 18.9 Å². The number of rotatable bonds is 5. The molecule has 0 radical (unpaired) electrons. The number of hydrogen-bond donors (Lipinski definition) is 2. The number of nitrogens with zero attached hydrogens (tertiary/aromatic N) is 4. The second kappa shape index (κ2) is 6.80. The van der Waals surface area contributed by atoms with Crippen LogP contribution >= 0.6 is 0 Å². The lowest BCUT2D eigenvalue weighted by molar-refractivity contribution is 0.0732. The first kappa shape index (κ1) is 15.4. The van der Waals surface area contributed by atoms with Gasteiger partial charge in [0, 0.05) is 49.7 Å². The molecule has 25 heavy (non-hydrogen) atoms. The summed E-state index contributed by atoms with van der Waals surface area (Å²) >= 11 is 0. The number of nitrogens with one attached hydrogen (secondary N) is 2. The van der Waals surface area contributed by atoms with E-state index in [4.69, 9.17) is 0 Å². The first-order valence-corrected chi connectivity index (χ1v) is 8.40. The van der Waals surface area contributed by atoms with Crippen LogP contribution in [0.5, 0.6) is 0 Å². The normalized spacial score (nSPS) is 13.5. The molecule has 0 spiro atoms. The second-order valence-corrected chi connectivity index (χ2v) is 6.11. The maximum absolute atomic E-state index is 12.7. The Balaban J connectivity index is 1.34. The lowest BCUT2D eigenvalue weighted by atomic mass is 10.1. The van der Waals surface area contributed by atoms with Crippen LogP contribution in [-0.2, 0) is 19.5 Å². The predicted molar refractivity (Wildman–Crippen MR) is 94.2 cm³/mol. The zero-order valence-corrected chi connectivity index (χ0v) is 13.9. The molecule has 0 fully saturated rings. The molecule has 7 nitrogen and oxygen atoms in total. The summed E-state index contributed by atoms with van der Waals surface area (Å²) in [5, 5.41) is 3.35. The molecule has 0 bridgehead atoms. The molecule has 0 unspecified atom stereocenters. The van der Waals surface area contributed by atoms with Crippen molar-refractivity contribution >= 4 is 11.6 Å². The van der Waals surface area contributed by atoms with E-state index in [0.717, 1.165) is 36.6 Å². The van der Waals surface area contributed by atoms with E-state index < -0.39 is 0 Å². The minimum absolute atomic E-state index is 0.0604. The molecule has 1 aliphatic rings. The summed E-state index contributed by atoms with van der Waals surface area (Å²) in [6, 6.07) is 7.66. The highest BCUT2D eigenvalue weighted by Gasteiger charge is 2.23. The van der Waals surface area contributed by atoms with Crippen LogP contribution in [0, 0.1) is 0 Å². The van der Waals surface area contributed by atoms with E-state index >= 15 is 0 Å². The molecule has 3 aromatic rings. The van der Waals surface area contributed by atoms with E-state index in [1.165, 1.54) is 0 Å². The van der Waals surface area contributed by atoms with Gasteiger partial charge in [-0.3, -0.25) is 4.79 Å². The highest BCUT2D eigenvalue weighted by atomic mass is 16.2. The van der Waals surface area contributed by atoms with Crippen LogP contribution < -0.4 is 5.32 Å². The van der Waals surface area contributed by atoms with E-state index in [9.17, 15) is 4.79 Å². The number of carbonyl (C=O) groups excluding carboxylic acids is 1. The Bertz CT molecular complexity index is 837. The maximum atomic E-state index is 12.7. The van der Waals surface area contributed by atoms with Crippen LogP contribution in [0.3, 0.4) is 0 Å². The van der Waals surface area contributed by atoms with Crippen LogP contribution in [0.1, 0.15) is 21.7 Å². The van der Waals surface area contributed by atoms with Crippen molar-refractivity contribution in [3.63, 3.8) is 0 Å². The number of hydrogen-bond acceptors (Lipinski definition) is 4. The summed E-state index contributed by atoms with van der Waals surface area (Å²) in [7, 11) is 0. The molecule has 0 atom stereocenters. The van der Waals surface area contributed by atoms with Gasteiger partial charge in [-0.1, -0.05) is 0 Å². The summed E-state index contributed by atoms with van der Waals surface area (Å²) in [6.45, 7) is 2.96. The number of imidazole rings is 2. The maximum Gasteiger partial charge on any atom is 0.254 e. The van der Waals surface area contributed by atoms with Crippen LogP contribution in [0.4, 0.5) is 5.69 Å². The average molecular weight is 336 g/mol. The molecule has 1 aromatic carbocycles. The van der Waals surface area contributed by atoms with Gasteiger partial charge in [-0.25, -0.2) is 9.97 Å². The largest absolute Gasteiger partial charge is 0.383 e. The van der Waals surface area contributed by atoms with Crippen molar-refractivity contribution in [2.75, 3.05) is 18.4 Å². The smallest absolute Gasteiger partial charge is 0.254 e. The van der Waals surface area contributed by atoms with Crippen LogP contribution in [-0.4, -0.2) is 43.4 Å². The van der Waals surface area contributed by atoms with Crippen molar-refractivity contribution in [1.29, 1.82) is 0 Å².